The Morgan fingerprint density at radius 2 is 1.27 bits per heavy atom. The first kappa shape index (κ1) is 20.9. The van der Waals surface area contributed by atoms with E-state index in [0.717, 1.165) is 16.7 Å². The van der Waals surface area contributed by atoms with E-state index in [1.165, 1.54) is 0 Å². The third-order valence-electron chi connectivity index (χ3n) is 4.29. The van der Waals surface area contributed by atoms with Crippen molar-refractivity contribution in [3.8, 4) is 0 Å². The molecule has 0 bridgehead atoms. The van der Waals surface area contributed by atoms with Crippen LogP contribution in [0, 0.1) is 6.92 Å². The number of ether oxygens (including phenoxy) is 2. The predicted molar refractivity (Wildman–Crippen MR) is 116 cm³/mol. The molecule has 0 saturated carbocycles. The normalized spacial score (nSPS) is 10.2. The highest BCUT2D eigenvalue weighted by Gasteiger charge is 2.11. The molecule has 0 atom stereocenters. The van der Waals surface area contributed by atoms with Gasteiger partial charge in [-0.05, 0) is 42.2 Å². The van der Waals surface area contributed by atoms with Gasteiger partial charge < -0.3 is 9.47 Å². The predicted octanol–water partition coefficient (Wildman–Crippen LogP) is 5.56. The Morgan fingerprint density at radius 1 is 0.733 bits per heavy atom. The summed E-state index contributed by atoms with van der Waals surface area (Å²) in [5.74, 6) is 0. The Hall–Kier alpha value is -3.80. The van der Waals surface area contributed by atoms with Gasteiger partial charge in [0, 0.05) is 11.4 Å². The number of anilines is 2. The smallest absolute Gasteiger partial charge is 0.411 e. The molecular weight excluding hydrogens is 380 g/mol. The Labute approximate surface area is 175 Å². The highest BCUT2D eigenvalue weighted by atomic mass is 16.6. The summed E-state index contributed by atoms with van der Waals surface area (Å²) in [5.41, 5.74) is 3.60. The maximum atomic E-state index is 12.2. The van der Waals surface area contributed by atoms with Gasteiger partial charge in [0.2, 0.25) is 0 Å². The molecule has 6 nitrogen and oxygen atoms in total. The summed E-state index contributed by atoms with van der Waals surface area (Å²) in [5, 5.41) is 5.37. The molecular formula is C24H23N2O4. The Bertz CT molecular complexity index is 975. The number of hydrogen-bond acceptors (Lipinski definition) is 4. The maximum Gasteiger partial charge on any atom is 0.411 e. The number of carbonyl (C=O) groups is 2. The van der Waals surface area contributed by atoms with Crippen molar-refractivity contribution in [2.24, 2.45) is 0 Å². The quantitative estimate of drug-likeness (QED) is 0.541. The Balaban J connectivity index is 1.57. The molecule has 153 valence electrons. The molecule has 3 aromatic carbocycles. The zero-order valence-electron chi connectivity index (χ0n) is 16.5. The number of benzene rings is 3. The molecule has 0 aliphatic carbocycles. The summed E-state index contributed by atoms with van der Waals surface area (Å²) in [4.78, 5) is 24.3. The molecule has 2 amide bonds. The lowest BCUT2D eigenvalue weighted by molar-refractivity contribution is 0.154. The second kappa shape index (κ2) is 10.7. The first-order chi connectivity index (χ1) is 14.6. The first-order valence-corrected chi connectivity index (χ1v) is 9.51. The van der Waals surface area contributed by atoms with Crippen LogP contribution in [-0.4, -0.2) is 12.2 Å². The zero-order valence-corrected chi connectivity index (χ0v) is 16.5. The number of rotatable bonds is 7. The summed E-state index contributed by atoms with van der Waals surface area (Å²) in [6.45, 7) is 4.20. The molecule has 0 aliphatic heterocycles. The van der Waals surface area contributed by atoms with Crippen LogP contribution in [0.15, 0.2) is 78.9 Å². The molecule has 0 fully saturated rings. The van der Waals surface area contributed by atoms with Crippen molar-refractivity contribution >= 4 is 23.6 Å². The topological polar surface area (TPSA) is 76.7 Å². The fourth-order valence-corrected chi connectivity index (χ4v) is 2.73. The average molecular weight is 403 g/mol. The molecule has 3 aromatic rings. The van der Waals surface area contributed by atoms with Gasteiger partial charge in [-0.1, -0.05) is 66.7 Å². The molecule has 6 heteroatoms. The Morgan fingerprint density at radius 3 is 1.80 bits per heavy atom. The minimum absolute atomic E-state index is 0.163. The lowest BCUT2D eigenvalue weighted by Crippen LogP contribution is -2.16. The van der Waals surface area contributed by atoms with E-state index in [1.54, 1.807) is 18.2 Å². The monoisotopic (exact) mass is 403 g/mol. The van der Waals surface area contributed by atoms with Crippen LogP contribution in [0.3, 0.4) is 0 Å². The zero-order chi connectivity index (χ0) is 21.2. The van der Waals surface area contributed by atoms with E-state index in [4.69, 9.17) is 9.47 Å². The van der Waals surface area contributed by atoms with Gasteiger partial charge in [0.15, 0.2) is 0 Å². The van der Waals surface area contributed by atoms with Gasteiger partial charge in [-0.3, -0.25) is 10.6 Å². The van der Waals surface area contributed by atoms with Crippen LogP contribution < -0.4 is 10.6 Å². The lowest BCUT2D eigenvalue weighted by Gasteiger charge is -2.13. The van der Waals surface area contributed by atoms with Crippen LogP contribution in [0.5, 0.6) is 0 Å². The molecule has 1 radical (unpaired) electrons. The number of amides is 2. The van der Waals surface area contributed by atoms with Crippen LogP contribution >= 0.6 is 0 Å². The van der Waals surface area contributed by atoms with Crippen LogP contribution in [0.1, 0.15) is 16.7 Å². The van der Waals surface area contributed by atoms with Crippen molar-refractivity contribution in [2.45, 2.75) is 19.6 Å². The number of hydrogen-bond donors (Lipinski definition) is 2. The van der Waals surface area contributed by atoms with Crippen LogP contribution in [0.25, 0.3) is 0 Å². The lowest BCUT2D eigenvalue weighted by atomic mass is 10.1. The summed E-state index contributed by atoms with van der Waals surface area (Å²) < 4.78 is 10.5. The van der Waals surface area contributed by atoms with Crippen molar-refractivity contribution in [1.29, 1.82) is 0 Å². The minimum atomic E-state index is -0.586. The van der Waals surface area contributed by atoms with Gasteiger partial charge in [0.05, 0.1) is 0 Å². The van der Waals surface area contributed by atoms with Gasteiger partial charge in [-0.2, -0.15) is 0 Å². The van der Waals surface area contributed by atoms with Crippen LogP contribution in [0.4, 0.5) is 21.0 Å². The van der Waals surface area contributed by atoms with Crippen molar-refractivity contribution in [3.63, 3.8) is 0 Å². The molecule has 30 heavy (non-hydrogen) atoms. The SMILES string of the molecule is [CH2]Cc1ccc(NC(=O)OCc2ccccc2)cc1NC(=O)OCc1ccccc1. The molecule has 2 N–H and O–H groups in total. The van der Waals surface area contributed by atoms with E-state index >= 15 is 0 Å². The molecule has 0 unspecified atom stereocenters. The largest absolute Gasteiger partial charge is 0.444 e. The maximum absolute atomic E-state index is 12.2. The summed E-state index contributed by atoms with van der Waals surface area (Å²) in [7, 11) is 0. The minimum Gasteiger partial charge on any atom is -0.444 e. The van der Waals surface area contributed by atoms with Gasteiger partial charge in [-0.15, -0.1) is 0 Å². The van der Waals surface area contributed by atoms with Gasteiger partial charge in [-0.25, -0.2) is 9.59 Å². The summed E-state index contributed by atoms with van der Waals surface area (Å²) in [6, 6.07) is 24.0. The first-order valence-electron chi connectivity index (χ1n) is 9.51. The van der Waals surface area contributed by atoms with Gasteiger partial charge in [0.1, 0.15) is 13.2 Å². The van der Waals surface area contributed by atoms with E-state index in [-0.39, 0.29) is 13.2 Å². The molecule has 0 heterocycles. The molecule has 0 spiro atoms. The molecule has 0 aliphatic rings. The van der Waals surface area contributed by atoms with Gasteiger partial charge >= 0.3 is 12.2 Å². The second-order valence-electron chi connectivity index (χ2n) is 6.50. The Kier molecular flexibility index (Phi) is 7.44. The van der Waals surface area contributed by atoms with E-state index in [9.17, 15) is 9.59 Å². The highest BCUT2D eigenvalue weighted by molar-refractivity contribution is 5.89. The van der Waals surface area contributed by atoms with E-state index < -0.39 is 12.2 Å². The molecule has 0 aromatic heterocycles. The van der Waals surface area contributed by atoms with Crippen molar-refractivity contribution in [3.05, 3.63) is 102 Å². The van der Waals surface area contributed by atoms with E-state index in [2.05, 4.69) is 17.6 Å². The van der Waals surface area contributed by atoms with Crippen molar-refractivity contribution < 1.29 is 19.1 Å². The third kappa shape index (κ3) is 6.38. The van der Waals surface area contributed by atoms with Crippen LogP contribution in [-0.2, 0) is 29.1 Å². The number of carbonyl (C=O) groups excluding carboxylic acids is 2. The van der Waals surface area contributed by atoms with Crippen LogP contribution in [0.2, 0.25) is 0 Å². The summed E-state index contributed by atoms with van der Waals surface area (Å²) >= 11 is 0. The second-order valence-corrected chi connectivity index (χ2v) is 6.50. The number of nitrogens with one attached hydrogen (secondary N) is 2. The van der Waals surface area contributed by atoms with E-state index in [1.807, 2.05) is 60.7 Å². The summed E-state index contributed by atoms with van der Waals surface area (Å²) in [6.07, 6.45) is -0.705. The standard InChI is InChI=1S/C24H23N2O4/c1-2-20-13-14-21(25-23(27)29-16-18-9-5-3-6-10-18)15-22(20)26-24(28)30-17-19-11-7-4-8-12-19/h3-15H,1-2,16-17H2,(H,25,27)(H,26,28). The van der Waals surface area contributed by atoms with Crippen molar-refractivity contribution in [2.75, 3.05) is 10.6 Å². The fraction of sp³-hybridized carbons (Fsp3) is 0.125. The highest BCUT2D eigenvalue weighted by Crippen LogP contribution is 2.22. The van der Waals surface area contributed by atoms with Crippen molar-refractivity contribution in [1.82, 2.24) is 0 Å². The van der Waals surface area contributed by atoms with E-state index in [0.29, 0.717) is 17.8 Å². The molecule has 0 saturated heterocycles. The average Bonchev–Trinajstić information content (AvgIpc) is 2.78. The van der Waals surface area contributed by atoms with Gasteiger partial charge in [0.25, 0.3) is 0 Å². The third-order valence-corrected chi connectivity index (χ3v) is 4.29. The fourth-order valence-electron chi connectivity index (χ4n) is 2.73. The molecule has 3 rings (SSSR count).